The summed E-state index contributed by atoms with van der Waals surface area (Å²) < 4.78 is 1.79. The molecule has 26 heavy (non-hydrogen) atoms. The first-order valence-corrected chi connectivity index (χ1v) is 9.25. The Bertz CT molecular complexity index is 937. The molecule has 2 heterocycles. The molecule has 5 N–H and O–H groups in total. The van der Waals surface area contributed by atoms with Crippen LogP contribution < -0.4 is 16.8 Å². The predicted octanol–water partition coefficient (Wildman–Crippen LogP) is 3.66. The second-order valence-corrected chi connectivity index (χ2v) is 7.45. The molecule has 0 spiro atoms. The fourth-order valence-corrected chi connectivity index (χ4v) is 3.69. The summed E-state index contributed by atoms with van der Waals surface area (Å²) in [5.74, 6) is 0.922. The lowest BCUT2D eigenvalue weighted by atomic mass is 9.85. The van der Waals surface area contributed by atoms with Crippen molar-refractivity contribution in [2.75, 3.05) is 11.1 Å². The zero-order valence-corrected chi connectivity index (χ0v) is 15.4. The minimum Gasteiger partial charge on any atom is -0.382 e. The molecular formula is C20H26N6. The van der Waals surface area contributed by atoms with E-state index < -0.39 is 0 Å². The molecule has 0 unspecified atom stereocenters. The highest BCUT2D eigenvalue weighted by atomic mass is 15.3. The Balaban J connectivity index is 1.68. The summed E-state index contributed by atoms with van der Waals surface area (Å²) in [5.41, 5.74) is 18.4. The number of aryl methyl sites for hydroxylation is 2. The van der Waals surface area contributed by atoms with Crippen LogP contribution in [0.3, 0.4) is 0 Å². The normalized spacial score (nSPS) is 20.4. The maximum atomic E-state index is 6.04. The molecule has 0 radical (unpaired) electrons. The molecule has 2 aromatic heterocycles. The van der Waals surface area contributed by atoms with E-state index in [1.807, 2.05) is 12.3 Å². The van der Waals surface area contributed by atoms with Crippen molar-refractivity contribution in [3.63, 3.8) is 0 Å². The number of rotatable bonds is 3. The molecule has 1 aliphatic carbocycles. The van der Waals surface area contributed by atoms with E-state index in [1.165, 1.54) is 11.1 Å². The minimum absolute atomic E-state index is 0.332. The number of anilines is 3. The maximum Gasteiger partial charge on any atom is 0.177 e. The summed E-state index contributed by atoms with van der Waals surface area (Å²) in [6, 6.07) is 8.50. The molecule has 3 aromatic rings. The zero-order valence-electron chi connectivity index (χ0n) is 15.4. The number of hydrogen-bond donors (Lipinski definition) is 3. The molecule has 4 rings (SSSR count). The van der Waals surface area contributed by atoms with Gasteiger partial charge in [-0.1, -0.05) is 6.07 Å². The van der Waals surface area contributed by atoms with Gasteiger partial charge in [-0.25, -0.2) is 9.50 Å². The smallest absolute Gasteiger partial charge is 0.177 e. The molecule has 0 amide bonds. The quantitative estimate of drug-likeness (QED) is 0.670. The van der Waals surface area contributed by atoms with Crippen LogP contribution >= 0.6 is 0 Å². The number of nitrogens with two attached hydrogens (primary N) is 2. The van der Waals surface area contributed by atoms with Gasteiger partial charge in [0.05, 0.1) is 17.6 Å². The van der Waals surface area contributed by atoms with Crippen LogP contribution in [0.4, 0.5) is 17.2 Å². The average molecular weight is 350 g/mol. The fourth-order valence-electron chi connectivity index (χ4n) is 3.69. The largest absolute Gasteiger partial charge is 0.382 e. The van der Waals surface area contributed by atoms with Gasteiger partial charge in [0.15, 0.2) is 5.65 Å². The van der Waals surface area contributed by atoms with Crippen molar-refractivity contribution < 1.29 is 0 Å². The second kappa shape index (κ2) is 6.61. The molecule has 6 heteroatoms. The summed E-state index contributed by atoms with van der Waals surface area (Å²) >= 11 is 0. The van der Waals surface area contributed by atoms with Crippen molar-refractivity contribution in [2.45, 2.75) is 51.5 Å². The highest BCUT2D eigenvalue weighted by Crippen LogP contribution is 2.33. The van der Waals surface area contributed by atoms with E-state index in [-0.39, 0.29) is 0 Å². The zero-order chi connectivity index (χ0) is 18.3. The van der Waals surface area contributed by atoms with E-state index in [0.717, 1.165) is 48.4 Å². The lowest BCUT2D eigenvalue weighted by Crippen LogP contribution is -2.25. The molecule has 136 valence electrons. The van der Waals surface area contributed by atoms with Gasteiger partial charge in [0.25, 0.3) is 0 Å². The Hall–Kier alpha value is -2.60. The average Bonchev–Trinajstić information content (AvgIpc) is 3.03. The number of aromatic nitrogens is 3. The van der Waals surface area contributed by atoms with Crippen LogP contribution in [0.15, 0.2) is 30.5 Å². The SMILES string of the molecule is Cc1ccc(Nc2cc(N)nn3cc([C@H]4CC[C@@H](N)CC4)nc23)cc1C. The second-order valence-electron chi connectivity index (χ2n) is 7.45. The Morgan fingerprint density at radius 3 is 2.58 bits per heavy atom. The van der Waals surface area contributed by atoms with E-state index >= 15 is 0 Å². The van der Waals surface area contributed by atoms with Crippen LogP contribution in [0.2, 0.25) is 0 Å². The van der Waals surface area contributed by atoms with Crippen molar-refractivity contribution in [1.82, 2.24) is 14.6 Å². The van der Waals surface area contributed by atoms with Gasteiger partial charge >= 0.3 is 0 Å². The lowest BCUT2D eigenvalue weighted by Gasteiger charge is -2.24. The van der Waals surface area contributed by atoms with E-state index in [9.17, 15) is 0 Å². The van der Waals surface area contributed by atoms with E-state index in [2.05, 4.69) is 42.5 Å². The van der Waals surface area contributed by atoms with Crippen LogP contribution in [0.25, 0.3) is 5.65 Å². The third-order valence-electron chi connectivity index (χ3n) is 5.44. The monoisotopic (exact) mass is 350 g/mol. The third-order valence-corrected chi connectivity index (χ3v) is 5.44. The first-order chi connectivity index (χ1) is 12.5. The molecule has 0 bridgehead atoms. The molecule has 0 saturated heterocycles. The predicted molar refractivity (Wildman–Crippen MR) is 106 cm³/mol. The van der Waals surface area contributed by atoms with Gasteiger partial charge in [-0.3, -0.25) is 0 Å². The number of nitrogen functional groups attached to an aromatic ring is 1. The van der Waals surface area contributed by atoms with Crippen LogP contribution in [-0.4, -0.2) is 20.6 Å². The Labute approximate surface area is 153 Å². The number of fused-ring (bicyclic) bond motifs is 1. The molecule has 1 aromatic carbocycles. The molecular weight excluding hydrogens is 324 g/mol. The number of nitrogens with one attached hydrogen (secondary N) is 1. The summed E-state index contributed by atoms with van der Waals surface area (Å²) in [6.07, 6.45) is 6.30. The van der Waals surface area contributed by atoms with Crippen LogP contribution in [0, 0.1) is 13.8 Å². The topological polar surface area (TPSA) is 94.3 Å². The van der Waals surface area contributed by atoms with Crippen molar-refractivity contribution in [2.24, 2.45) is 5.73 Å². The van der Waals surface area contributed by atoms with Gasteiger partial charge in [0, 0.05) is 23.7 Å². The molecule has 1 fully saturated rings. The van der Waals surface area contributed by atoms with Crippen LogP contribution in [-0.2, 0) is 0 Å². The van der Waals surface area contributed by atoms with Crippen molar-refractivity contribution in [1.29, 1.82) is 0 Å². The number of nitrogens with zero attached hydrogens (tertiary/aromatic N) is 3. The van der Waals surface area contributed by atoms with Gasteiger partial charge in [-0.15, -0.1) is 5.10 Å². The van der Waals surface area contributed by atoms with Crippen LogP contribution in [0.5, 0.6) is 0 Å². The molecule has 1 aliphatic rings. The highest BCUT2D eigenvalue weighted by molar-refractivity contribution is 5.76. The van der Waals surface area contributed by atoms with Crippen molar-refractivity contribution >= 4 is 22.8 Å². The Morgan fingerprint density at radius 1 is 1.08 bits per heavy atom. The van der Waals surface area contributed by atoms with Gasteiger partial charge in [0.2, 0.25) is 0 Å². The van der Waals surface area contributed by atoms with E-state index in [0.29, 0.717) is 17.8 Å². The number of benzene rings is 1. The Kier molecular flexibility index (Phi) is 4.28. The molecule has 6 nitrogen and oxygen atoms in total. The minimum atomic E-state index is 0.332. The highest BCUT2D eigenvalue weighted by Gasteiger charge is 2.23. The fraction of sp³-hybridized carbons (Fsp3) is 0.400. The van der Waals surface area contributed by atoms with Gasteiger partial charge < -0.3 is 16.8 Å². The van der Waals surface area contributed by atoms with Crippen LogP contribution in [0.1, 0.15) is 48.4 Å². The Morgan fingerprint density at radius 2 is 1.85 bits per heavy atom. The van der Waals surface area contributed by atoms with Gasteiger partial charge in [-0.05, 0) is 62.8 Å². The maximum absolute atomic E-state index is 6.04. The van der Waals surface area contributed by atoms with E-state index in [4.69, 9.17) is 16.5 Å². The summed E-state index contributed by atoms with van der Waals surface area (Å²) in [7, 11) is 0. The van der Waals surface area contributed by atoms with Gasteiger partial charge in [-0.2, -0.15) is 0 Å². The van der Waals surface area contributed by atoms with Crippen molar-refractivity contribution in [3.05, 3.63) is 47.3 Å². The first-order valence-electron chi connectivity index (χ1n) is 9.25. The summed E-state index contributed by atoms with van der Waals surface area (Å²) in [4.78, 5) is 4.88. The first kappa shape index (κ1) is 16.8. The van der Waals surface area contributed by atoms with E-state index in [1.54, 1.807) is 4.52 Å². The number of imidazole rings is 1. The van der Waals surface area contributed by atoms with Crippen molar-refractivity contribution in [3.8, 4) is 0 Å². The standard InChI is InChI=1S/C20H26N6/c1-12-3-8-16(9-13(12)2)23-17-10-19(22)25-26-11-18(24-20(17)26)14-4-6-15(21)7-5-14/h3,8-11,14-15,23H,4-7,21H2,1-2H3,(H2,22,25)/t14-,15+. The van der Waals surface area contributed by atoms with Gasteiger partial charge in [0.1, 0.15) is 5.82 Å². The summed E-state index contributed by atoms with van der Waals surface area (Å²) in [5, 5.41) is 7.86. The molecule has 0 aliphatic heterocycles. The number of hydrogen-bond acceptors (Lipinski definition) is 5. The summed E-state index contributed by atoms with van der Waals surface area (Å²) in [6.45, 7) is 4.22. The molecule has 1 saturated carbocycles. The molecule has 0 atom stereocenters. The third kappa shape index (κ3) is 3.24. The lowest BCUT2D eigenvalue weighted by molar-refractivity contribution is 0.391.